The number of carbonyl (C=O) groups excluding carboxylic acids is 1. The largest absolute Gasteiger partial charge is 0.465 e. The first-order chi connectivity index (χ1) is 9.10. The van der Waals surface area contributed by atoms with Crippen LogP contribution < -0.4 is 0 Å². The SMILES string of the molecule is C/C=C\CC(C(=O)OCC)N(CC)CC(O)COC. The number of aliphatic hydroxyl groups is 1. The van der Waals surface area contributed by atoms with Crippen LogP contribution in [-0.2, 0) is 14.3 Å². The molecule has 0 aromatic carbocycles. The van der Waals surface area contributed by atoms with E-state index < -0.39 is 6.10 Å². The van der Waals surface area contributed by atoms with Gasteiger partial charge in [-0.05, 0) is 26.8 Å². The van der Waals surface area contributed by atoms with Gasteiger partial charge in [-0.25, -0.2) is 0 Å². The summed E-state index contributed by atoms with van der Waals surface area (Å²) >= 11 is 0. The second-order valence-corrected chi connectivity index (χ2v) is 4.27. The normalized spacial score (nSPS) is 14.8. The number of ether oxygens (including phenoxy) is 2. The number of nitrogens with zero attached hydrogens (tertiary/aromatic N) is 1. The van der Waals surface area contributed by atoms with Gasteiger partial charge in [-0.15, -0.1) is 0 Å². The van der Waals surface area contributed by atoms with Gasteiger partial charge in [0, 0.05) is 13.7 Å². The van der Waals surface area contributed by atoms with Crippen molar-refractivity contribution in [1.82, 2.24) is 4.90 Å². The fraction of sp³-hybridized carbons (Fsp3) is 0.786. The summed E-state index contributed by atoms with van der Waals surface area (Å²) in [5.41, 5.74) is 0. The number of allylic oxidation sites excluding steroid dienone is 1. The highest BCUT2D eigenvalue weighted by Crippen LogP contribution is 2.09. The minimum atomic E-state index is -0.604. The molecule has 0 heterocycles. The van der Waals surface area contributed by atoms with Crippen molar-refractivity contribution < 1.29 is 19.4 Å². The molecule has 0 aromatic rings. The molecular formula is C14H27NO4. The Morgan fingerprint density at radius 2 is 2.11 bits per heavy atom. The van der Waals surface area contributed by atoms with Gasteiger partial charge in [0.1, 0.15) is 6.04 Å². The number of rotatable bonds is 10. The van der Waals surface area contributed by atoms with E-state index in [0.29, 0.717) is 26.1 Å². The average molecular weight is 273 g/mol. The highest BCUT2D eigenvalue weighted by atomic mass is 16.5. The van der Waals surface area contributed by atoms with Crippen molar-refractivity contribution in [1.29, 1.82) is 0 Å². The molecule has 0 radical (unpaired) electrons. The molecule has 0 saturated carbocycles. The molecule has 1 N–H and O–H groups in total. The fourth-order valence-electron chi connectivity index (χ4n) is 1.89. The lowest BCUT2D eigenvalue weighted by molar-refractivity contribution is -0.150. The lowest BCUT2D eigenvalue weighted by atomic mass is 10.1. The first-order valence-electron chi connectivity index (χ1n) is 6.79. The molecule has 0 amide bonds. The second-order valence-electron chi connectivity index (χ2n) is 4.27. The monoisotopic (exact) mass is 273 g/mol. The number of hydrogen-bond donors (Lipinski definition) is 1. The Morgan fingerprint density at radius 1 is 1.42 bits per heavy atom. The Balaban J connectivity index is 4.70. The van der Waals surface area contributed by atoms with Crippen molar-refractivity contribution in [2.24, 2.45) is 0 Å². The van der Waals surface area contributed by atoms with Gasteiger partial charge in [-0.3, -0.25) is 9.69 Å². The minimum absolute atomic E-state index is 0.243. The van der Waals surface area contributed by atoms with Crippen molar-refractivity contribution in [2.45, 2.75) is 39.3 Å². The van der Waals surface area contributed by atoms with Crippen LogP contribution in [0.5, 0.6) is 0 Å². The summed E-state index contributed by atoms with van der Waals surface area (Å²) < 4.78 is 10.0. The summed E-state index contributed by atoms with van der Waals surface area (Å²) in [6.07, 6.45) is 3.83. The van der Waals surface area contributed by atoms with E-state index in [2.05, 4.69) is 0 Å². The van der Waals surface area contributed by atoms with E-state index in [1.165, 1.54) is 0 Å². The highest BCUT2D eigenvalue weighted by molar-refractivity contribution is 5.76. The van der Waals surface area contributed by atoms with Crippen molar-refractivity contribution in [3.63, 3.8) is 0 Å². The van der Waals surface area contributed by atoms with Crippen molar-refractivity contribution >= 4 is 5.97 Å². The Labute approximate surface area is 116 Å². The van der Waals surface area contributed by atoms with Gasteiger partial charge < -0.3 is 14.6 Å². The van der Waals surface area contributed by atoms with Gasteiger partial charge in [0.25, 0.3) is 0 Å². The highest BCUT2D eigenvalue weighted by Gasteiger charge is 2.26. The molecule has 0 bridgehead atoms. The lowest BCUT2D eigenvalue weighted by Crippen LogP contribution is -2.46. The number of carbonyl (C=O) groups is 1. The van der Waals surface area contributed by atoms with Crippen LogP contribution in [0.4, 0.5) is 0 Å². The molecule has 2 atom stereocenters. The van der Waals surface area contributed by atoms with Crippen LogP contribution in [0.2, 0.25) is 0 Å². The van der Waals surface area contributed by atoms with E-state index in [1.807, 2.05) is 30.9 Å². The molecule has 0 aromatic heterocycles. The minimum Gasteiger partial charge on any atom is -0.465 e. The zero-order valence-electron chi connectivity index (χ0n) is 12.5. The first-order valence-corrected chi connectivity index (χ1v) is 6.79. The van der Waals surface area contributed by atoms with Gasteiger partial charge in [-0.2, -0.15) is 0 Å². The van der Waals surface area contributed by atoms with E-state index in [1.54, 1.807) is 14.0 Å². The van der Waals surface area contributed by atoms with Crippen LogP contribution in [0.1, 0.15) is 27.2 Å². The summed E-state index contributed by atoms with van der Waals surface area (Å²) in [5.74, 6) is -0.243. The predicted octanol–water partition coefficient (Wildman–Crippen LogP) is 1.21. The quantitative estimate of drug-likeness (QED) is 0.479. The lowest BCUT2D eigenvalue weighted by Gasteiger charge is -2.30. The molecule has 0 saturated heterocycles. The van der Waals surface area contributed by atoms with Gasteiger partial charge in [0.05, 0.1) is 19.3 Å². The van der Waals surface area contributed by atoms with Gasteiger partial charge in [-0.1, -0.05) is 19.1 Å². The molecule has 0 rings (SSSR count). The number of likely N-dealkylation sites (N-methyl/N-ethyl adjacent to an activating group) is 1. The van der Waals surface area contributed by atoms with Crippen LogP contribution in [0.25, 0.3) is 0 Å². The van der Waals surface area contributed by atoms with Gasteiger partial charge in [0.2, 0.25) is 0 Å². The maximum atomic E-state index is 12.0. The Bertz CT molecular complexity index is 268. The summed E-state index contributed by atoms with van der Waals surface area (Å²) in [4.78, 5) is 13.9. The van der Waals surface area contributed by atoms with E-state index >= 15 is 0 Å². The number of methoxy groups -OCH3 is 1. The van der Waals surface area contributed by atoms with Crippen LogP contribution in [0, 0.1) is 0 Å². The molecular weight excluding hydrogens is 246 g/mol. The Hall–Kier alpha value is -0.910. The summed E-state index contributed by atoms with van der Waals surface area (Å²) in [6, 6.07) is -0.354. The van der Waals surface area contributed by atoms with E-state index in [9.17, 15) is 9.90 Å². The van der Waals surface area contributed by atoms with E-state index in [-0.39, 0.29) is 18.6 Å². The zero-order chi connectivity index (χ0) is 14.7. The third kappa shape index (κ3) is 7.30. The predicted molar refractivity (Wildman–Crippen MR) is 75.0 cm³/mol. The number of aliphatic hydroxyl groups excluding tert-OH is 1. The summed E-state index contributed by atoms with van der Waals surface area (Å²) in [5, 5.41) is 9.80. The van der Waals surface area contributed by atoms with Crippen LogP contribution in [-0.4, -0.2) is 61.5 Å². The van der Waals surface area contributed by atoms with Crippen molar-refractivity contribution in [3.8, 4) is 0 Å². The van der Waals surface area contributed by atoms with Crippen LogP contribution >= 0.6 is 0 Å². The third-order valence-electron chi connectivity index (χ3n) is 2.80. The molecule has 0 spiro atoms. The molecule has 0 aliphatic heterocycles. The average Bonchev–Trinajstić information content (AvgIpc) is 2.38. The van der Waals surface area contributed by atoms with E-state index in [4.69, 9.17) is 9.47 Å². The molecule has 19 heavy (non-hydrogen) atoms. The molecule has 5 nitrogen and oxygen atoms in total. The molecule has 2 unspecified atom stereocenters. The second kappa shape index (κ2) is 11.0. The molecule has 0 fully saturated rings. The van der Waals surface area contributed by atoms with Crippen molar-refractivity contribution in [3.05, 3.63) is 12.2 Å². The Kier molecular flexibility index (Phi) is 10.4. The van der Waals surface area contributed by atoms with E-state index in [0.717, 1.165) is 0 Å². The summed E-state index contributed by atoms with van der Waals surface area (Å²) in [6.45, 7) is 7.35. The first kappa shape index (κ1) is 18.1. The Morgan fingerprint density at radius 3 is 2.58 bits per heavy atom. The standard InChI is InChI=1S/C14H27NO4/c1-5-8-9-13(14(17)19-7-3)15(6-2)10-12(16)11-18-4/h5,8,12-13,16H,6-7,9-11H2,1-4H3/b8-5-. The topological polar surface area (TPSA) is 59.0 Å². The van der Waals surface area contributed by atoms with Crippen molar-refractivity contribution in [2.75, 3.05) is 33.4 Å². The van der Waals surface area contributed by atoms with Gasteiger partial charge >= 0.3 is 5.97 Å². The fourth-order valence-corrected chi connectivity index (χ4v) is 1.89. The molecule has 0 aliphatic rings. The molecule has 5 heteroatoms. The zero-order valence-corrected chi connectivity index (χ0v) is 12.5. The smallest absolute Gasteiger partial charge is 0.323 e. The molecule has 112 valence electrons. The third-order valence-corrected chi connectivity index (χ3v) is 2.80. The maximum Gasteiger partial charge on any atom is 0.323 e. The van der Waals surface area contributed by atoms with Gasteiger partial charge in [0.15, 0.2) is 0 Å². The molecule has 0 aliphatic carbocycles. The number of esters is 1. The van der Waals surface area contributed by atoms with Crippen LogP contribution in [0.3, 0.4) is 0 Å². The maximum absolute atomic E-state index is 12.0. The van der Waals surface area contributed by atoms with Crippen LogP contribution in [0.15, 0.2) is 12.2 Å². The number of hydrogen-bond acceptors (Lipinski definition) is 5. The summed E-state index contributed by atoms with van der Waals surface area (Å²) in [7, 11) is 1.54.